The zero-order valence-electron chi connectivity index (χ0n) is 21.5. The van der Waals surface area contributed by atoms with E-state index in [4.69, 9.17) is 4.74 Å². The molecule has 0 saturated heterocycles. The number of Topliss-reactive ketones (excluding diaryl/α,β-unsaturated/α-hetero) is 1. The summed E-state index contributed by atoms with van der Waals surface area (Å²) in [6.07, 6.45) is -0.831. The molecule has 0 bridgehead atoms. The number of hydrogen-bond donors (Lipinski definition) is 2. The number of ether oxygens (including phenoxy) is 2. The number of esters is 2. The molecular weight excluding hydrogens is 490 g/mol. The second kappa shape index (κ2) is 9.08. The van der Waals surface area contributed by atoms with Gasteiger partial charge in [-0.05, 0) is 49.8 Å². The van der Waals surface area contributed by atoms with Gasteiger partial charge in [-0.25, -0.2) is 8.78 Å². The lowest BCUT2D eigenvalue weighted by molar-refractivity contribution is -0.231. The number of allylic oxidation sites excluding steroid dienone is 4. The highest BCUT2D eigenvalue weighted by molar-refractivity contribution is 6.01. The molecule has 0 aromatic heterocycles. The second-order valence-corrected chi connectivity index (χ2v) is 11.4. The van der Waals surface area contributed by atoms with Crippen LogP contribution in [0.5, 0.6) is 0 Å². The number of methoxy groups -OCH3 is 1. The summed E-state index contributed by atoms with van der Waals surface area (Å²) in [4.78, 5) is 49.7. The Hall–Kier alpha value is -2.46. The Morgan fingerprint density at radius 2 is 1.78 bits per heavy atom. The molecule has 0 aromatic rings. The lowest BCUT2D eigenvalue weighted by Crippen LogP contribution is -2.71. The topological polar surface area (TPSA) is 127 Å². The average Bonchev–Trinajstić information content (AvgIpc) is 3.07. The summed E-state index contributed by atoms with van der Waals surface area (Å²) < 4.78 is 43.2. The van der Waals surface area contributed by atoms with E-state index in [0.717, 1.165) is 6.08 Å². The van der Waals surface area contributed by atoms with Gasteiger partial charge in [0, 0.05) is 22.7 Å². The summed E-state index contributed by atoms with van der Waals surface area (Å²) in [5.41, 5.74) is -7.20. The third kappa shape index (κ3) is 3.58. The highest BCUT2D eigenvalue weighted by Gasteiger charge is 2.78. The number of alkyl halides is 2. The first kappa shape index (κ1) is 27.6. The molecule has 0 aliphatic heterocycles. The zero-order chi connectivity index (χ0) is 27.6. The number of halogens is 2. The van der Waals surface area contributed by atoms with Crippen LogP contribution in [0.4, 0.5) is 8.78 Å². The van der Waals surface area contributed by atoms with Crippen molar-refractivity contribution >= 4 is 23.5 Å². The van der Waals surface area contributed by atoms with Crippen molar-refractivity contribution in [1.29, 1.82) is 0 Å². The van der Waals surface area contributed by atoms with Gasteiger partial charge in [0.25, 0.3) is 0 Å². The van der Waals surface area contributed by atoms with Crippen LogP contribution in [0.3, 0.4) is 0 Å². The van der Waals surface area contributed by atoms with Crippen LogP contribution < -0.4 is 0 Å². The van der Waals surface area contributed by atoms with E-state index in [1.807, 2.05) is 0 Å². The molecule has 204 valence electrons. The van der Waals surface area contributed by atoms with Crippen molar-refractivity contribution in [2.45, 2.75) is 76.4 Å². The van der Waals surface area contributed by atoms with Gasteiger partial charge in [-0.3, -0.25) is 19.2 Å². The normalized spacial score (nSPS) is 44.3. The molecular formula is C27H34F2O8. The van der Waals surface area contributed by atoms with E-state index in [-0.39, 0.29) is 37.7 Å². The molecule has 0 unspecified atom stereocenters. The molecule has 3 saturated carbocycles. The molecule has 10 heteroatoms. The smallest absolute Gasteiger partial charge is 0.307 e. The fourth-order valence-corrected chi connectivity index (χ4v) is 8.05. The quantitative estimate of drug-likeness (QED) is 0.507. The average molecular weight is 525 g/mol. The largest absolute Gasteiger partial charge is 0.469 e. The Labute approximate surface area is 214 Å². The minimum Gasteiger partial charge on any atom is -0.469 e. The minimum atomic E-state index is -2.35. The van der Waals surface area contributed by atoms with Crippen molar-refractivity contribution in [2.75, 3.05) is 13.7 Å². The Kier molecular flexibility index (Phi) is 6.77. The Morgan fingerprint density at radius 3 is 2.41 bits per heavy atom. The van der Waals surface area contributed by atoms with E-state index in [1.54, 1.807) is 13.8 Å². The first-order valence-electron chi connectivity index (χ1n) is 12.6. The number of aliphatic hydroxyl groups excluding tert-OH is 2. The van der Waals surface area contributed by atoms with E-state index in [0.29, 0.717) is 0 Å². The summed E-state index contributed by atoms with van der Waals surface area (Å²) in [7, 11) is 1.17. The summed E-state index contributed by atoms with van der Waals surface area (Å²) in [5.74, 6) is -5.21. The second-order valence-electron chi connectivity index (χ2n) is 11.4. The molecule has 8 nitrogen and oxygen atoms in total. The molecule has 37 heavy (non-hydrogen) atoms. The summed E-state index contributed by atoms with van der Waals surface area (Å²) in [6.45, 7) is 3.79. The molecule has 2 N–H and O–H groups in total. The van der Waals surface area contributed by atoms with Crippen molar-refractivity contribution < 1.29 is 47.6 Å². The molecule has 3 fully saturated rings. The van der Waals surface area contributed by atoms with Crippen LogP contribution in [0, 0.1) is 28.6 Å². The van der Waals surface area contributed by atoms with Gasteiger partial charge in [-0.2, -0.15) is 0 Å². The number of fused-ring (bicyclic) bond motifs is 5. The predicted molar refractivity (Wildman–Crippen MR) is 125 cm³/mol. The molecule has 4 rings (SSSR count). The van der Waals surface area contributed by atoms with Crippen molar-refractivity contribution in [1.82, 2.24) is 0 Å². The zero-order valence-corrected chi connectivity index (χ0v) is 21.5. The Bertz CT molecular complexity index is 1090. The van der Waals surface area contributed by atoms with Crippen molar-refractivity contribution in [2.24, 2.45) is 28.6 Å². The Balaban J connectivity index is 1.78. The van der Waals surface area contributed by atoms with Gasteiger partial charge in [0.15, 0.2) is 17.1 Å². The van der Waals surface area contributed by atoms with Gasteiger partial charge in [0.1, 0.15) is 12.8 Å². The third-order valence-corrected chi connectivity index (χ3v) is 9.76. The fourth-order valence-electron chi connectivity index (χ4n) is 8.05. The third-order valence-electron chi connectivity index (χ3n) is 9.76. The lowest BCUT2D eigenvalue weighted by atomic mass is 9.44. The Morgan fingerprint density at radius 1 is 1.14 bits per heavy atom. The van der Waals surface area contributed by atoms with Gasteiger partial charge < -0.3 is 19.7 Å². The van der Waals surface area contributed by atoms with Gasteiger partial charge in [-0.15, -0.1) is 0 Å². The number of rotatable bonds is 6. The summed E-state index contributed by atoms with van der Waals surface area (Å²) >= 11 is 0. The standard InChI is InChI=1S/C27H34F2O8/c1-14-9-16-17-11-19(28)18-10-15(31)7-8-24(18,2)26(17,29)20(32)12-25(16,3)27(14,21(33)13-30)37-23(35)6-5-22(34)36-4/h7-8,10,14,16-17,19-20,30,32H,5-6,9,11-13H2,1-4H3/t14-,16-,17-,19-,20-,24-,25-,26-,27-/m0/s1. The van der Waals surface area contributed by atoms with Gasteiger partial charge in [-0.1, -0.05) is 19.9 Å². The SMILES string of the molecule is COC(=O)CCC(=O)O[C@]1(C(=O)CO)[C@@H](C)C[C@H]2[C@@H]3C[C@H](F)C4=CC(=O)C=C[C@]4(C)[C@@]3(F)[C@@H](O)C[C@@]21C. The van der Waals surface area contributed by atoms with Crippen LogP contribution in [-0.4, -0.2) is 71.0 Å². The number of aliphatic hydroxyl groups is 2. The maximum Gasteiger partial charge on any atom is 0.307 e. The van der Waals surface area contributed by atoms with Crippen LogP contribution in [-0.2, 0) is 28.7 Å². The maximum atomic E-state index is 17.3. The molecule has 0 radical (unpaired) electrons. The van der Waals surface area contributed by atoms with Crippen LogP contribution in [0.1, 0.15) is 52.9 Å². The molecule has 4 aliphatic carbocycles. The highest BCUT2D eigenvalue weighted by atomic mass is 19.1. The predicted octanol–water partition coefficient (Wildman–Crippen LogP) is 2.35. The molecule has 0 amide bonds. The number of carbonyl (C=O) groups excluding carboxylic acids is 4. The monoisotopic (exact) mass is 524 g/mol. The van der Waals surface area contributed by atoms with E-state index in [9.17, 15) is 29.4 Å². The van der Waals surface area contributed by atoms with Crippen LogP contribution >= 0.6 is 0 Å². The number of hydrogen-bond acceptors (Lipinski definition) is 8. The van der Waals surface area contributed by atoms with Crippen LogP contribution in [0.15, 0.2) is 23.8 Å². The van der Waals surface area contributed by atoms with Crippen LogP contribution in [0.25, 0.3) is 0 Å². The van der Waals surface area contributed by atoms with Crippen molar-refractivity contribution in [3.05, 3.63) is 23.8 Å². The van der Waals surface area contributed by atoms with E-state index >= 15 is 8.78 Å². The highest BCUT2D eigenvalue weighted by Crippen LogP contribution is 2.71. The van der Waals surface area contributed by atoms with Gasteiger partial charge in [0.2, 0.25) is 5.78 Å². The summed E-state index contributed by atoms with van der Waals surface area (Å²) in [5, 5.41) is 21.3. The minimum absolute atomic E-state index is 0.0145. The molecule has 0 aromatic carbocycles. The number of carbonyl (C=O) groups is 4. The van der Waals surface area contributed by atoms with Crippen molar-refractivity contribution in [3.63, 3.8) is 0 Å². The molecule has 4 aliphatic rings. The molecule has 0 heterocycles. The summed E-state index contributed by atoms with van der Waals surface area (Å²) in [6, 6.07) is 0. The van der Waals surface area contributed by atoms with Crippen LogP contribution in [0.2, 0.25) is 0 Å². The van der Waals surface area contributed by atoms with E-state index in [1.165, 1.54) is 26.2 Å². The fraction of sp³-hybridized carbons (Fsp3) is 0.704. The number of ketones is 2. The van der Waals surface area contributed by atoms with E-state index in [2.05, 4.69) is 4.74 Å². The van der Waals surface area contributed by atoms with Crippen molar-refractivity contribution in [3.8, 4) is 0 Å². The molecule has 9 atom stereocenters. The molecule has 0 spiro atoms. The maximum absolute atomic E-state index is 17.3. The lowest BCUT2D eigenvalue weighted by Gasteiger charge is -2.63. The first-order chi connectivity index (χ1) is 17.2. The first-order valence-corrected chi connectivity index (χ1v) is 12.6. The van der Waals surface area contributed by atoms with E-state index < -0.39 is 82.2 Å². The van der Waals surface area contributed by atoms with Gasteiger partial charge >= 0.3 is 11.9 Å². The van der Waals surface area contributed by atoms with Gasteiger partial charge in [0.05, 0.1) is 26.1 Å².